The molecule has 0 spiro atoms. The molecule has 10 heteroatoms. The first-order chi connectivity index (χ1) is 12.8. The fourth-order valence-electron chi connectivity index (χ4n) is 3.89. The monoisotopic (exact) mass is 388 g/mol. The number of fused-ring (bicyclic) bond motifs is 1. The number of rotatable bonds is 3. The van der Waals surface area contributed by atoms with Crippen molar-refractivity contribution in [2.24, 2.45) is 5.92 Å². The van der Waals surface area contributed by atoms with E-state index in [1.165, 1.54) is 15.5 Å². The van der Waals surface area contributed by atoms with Crippen LogP contribution in [-0.4, -0.2) is 67.3 Å². The number of halogens is 3. The van der Waals surface area contributed by atoms with E-state index in [9.17, 15) is 18.0 Å². The molecule has 2 atom stereocenters. The Labute approximate surface area is 154 Å². The van der Waals surface area contributed by atoms with Crippen LogP contribution in [0.1, 0.15) is 13.3 Å². The lowest BCUT2D eigenvalue weighted by Crippen LogP contribution is -2.56. The molecule has 0 aliphatic carbocycles. The molecule has 0 N–H and O–H groups in total. The van der Waals surface area contributed by atoms with Crippen molar-refractivity contribution in [1.82, 2.24) is 9.55 Å². The zero-order valence-electron chi connectivity index (χ0n) is 15.1. The Morgan fingerprint density at radius 2 is 2.00 bits per heavy atom. The SMILES string of the molecule is CC1COCCN1c1cc(=O)n2c(n1)N(CC1COC1)C(C(F)(F)F)CC2. The van der Waals surface area contributed by atoms with Gasteiger partial charge in [-0.15, -0.1) is 0 Å². The summed E-state index contributed by atoms with van der Waals surface area (Å²) in [6.45, 7) is 4.56. The van der Waals surface area contributed by atoms with Crippen molar-refractivity contribution in [2.45, 2.75) is 38.1 Å². The van der Waals surface area contributed by atoms with Crippen LogP contribution in [0, 0.1) is 5.92 Å². The van der Waals surface area contributed by atoms with Crippen molar-refractivity contribution in [3.63, 3.8) is 0 Å². The van der Waals surface area contributed by atoms with Gasteiger partial charge in [0.2, 0.25) is 5.95 Å². The minimum absolute atomic E-state index is 0.00388. The Bertz CT molecular complexity index is 750. The third-order valence-electron chi connectivity index (χ3n) is 5.44. The number of morpholine rings is 1. The van der Waals surface area contributed by atoms with Crippen LogP contribution in [0.4, 0.5) is 24.9 Å². The molecule has 2 unspecified atom stereocenters. The first-order valence-electron chi connectivity index (χ1n) is 9.22. The first-order valence-corrected chi connectivity index (χ1v) is 9.22. The van der Waals surface area contributed by atoms with Crippen LogP contribution >= 0.6 is 0 Å². The number of anilines is 2. The number of nitrogens with zero attached hydrogens (tertiary/aromatic N) is 4. The topological polar surface area (TPSA) is 59.8 Å². The van der Waals surface area contributed by atoms with Gasteiger partial charge < -0.3 is 19.3 Å². The summed E-state index contributed by atoms with van der Waals surface area (Å²) in [6.07, 6.45) is -4.53. The molecule has 150 valence electrons. The fourth-order valence-corrected chi connectivity index (χ4v) is 3.89. The van der Waals surface area contributed by atoms with Crippen molar-refractivity contribution in [3.8, 4) is 0 Å². The minimum Gasteiger partial charge on any atom is -0.381 e. The average molecular weight is 388 g/mol. The number of hydrogen-bond donors (Lipinski definition) is 0. The second-order valence-electron chi connectivity index (χ2n) is 7.42. The van der Waals surface area contributed by atoms with Gasteiger partial charge in [-0.3, -0.25) is 9.36 Å². The number of ether oxygens (including phenoxy) is 2. The van der Waals surface area contributed by atoms with Crippen LogP contribution in [0.2, 0.25) is 0 Å². The quantitative estimate of drug-likeness (QED) is 0.777. The number of hydrogen-bond acceptors (Lipinski definition) is 6. The Kier molecular flexibility index (Phi) is 4.79. The van der Waals surface area contributed by atoms with E-state index < -0.39 is 12.2 Å². The second kappa shape index (κ2) is 6.97. The summed E-state index contributed by atoms with van der Waals surface area (Å²) < 4.78 is 52.9. The van der Waals surface area contributed by atoms with Gasteiger partial charge in [0.05, 0.1) is 32.5 Å². The highest BCUT2D eigenvalue weighted by Gasteiger charge is 2.47. The average Bonchev–Trinajstić information content (AvgIpc) is 2.57. The van der Waals surface area contributed by atoms with Crippen molar-refractivity contribution in [1.29, 1.82) is 0 Å². The van der Waals surface area contributed by atoms with Crippen LogP contribution in [-0.2, 0) is 16.0 Å². The highest BCUT2D eigenvalue weighted by Crippen LogP contribution is 2.35. The Morgan fingerprint density at radius 1 is 1.22 bits per heavy atom. The van der Waals surface area contributed by atoms with Crippen LogP contribution in [0.5, 0.6) is 0 Å². The molecule has 7 nitrogen and oxygen atoms in total. The van der Waals surface area contributed by atoms with E-state index >= 15 is 0 Å². The summed E-state index contributed by atoms with van der Waals surface area (Å²) in [5.74, 6) is 0.542. The fraction of sp³-hybridized carbons (Fsp3) is 0.765. The van der Waals surface area contributed by atoms with E-state index in [0.717, 1.165) is 0 Å². The molecule has 0 saturated carbocycles. The highest BCUT2D eigenvalue weighted by molar-refractivity contribution is 5.47. The first kappa shape index (κ1) is 18.5. The molecule has 1 aromatic rings. The molecule has 27 heavy (non-hydrogen) atoms. The zero-order chi connectivity index (χ0) is 19.2. The molecule has 0 radical (unpaired) electrons. The lowest BCUT2D eigenvalue weighted by molar-refractivity contribution is -0.154. The Balaban J connectivity index is 1.73. The molecule has 4 rings (SSSR count). The van der Waals surface area contributed by atoms with Crippen LogP contribution < -0.4 is 15.4 Å². The molecule has 2 fully saturated rings. The molecular formula is C17H23F3N4O3. The Morgan fingerprint density at radius 3 is 2.63 bits per heavy atom. The van der Waals surface area contributed by atoms with Crippen LogP contribution in [0.25, 0.3) is 0 Å². The summed E-state index contributed by atoms with van der Waals surface area (Å²) >= 11 is 0. The minimum atomic E-state index is -4.38. The summed E-state index contributed by atoms with van der Waals surface area (Å²) in [6, 6.07) is -0.212. The lowest BCUT2D eigenvalue weighted by atomic mass is 10.0. The summed E-state index contributed by atoms with van der Waals surface area (Å²) in [5.41, 5.74) is -0.316. The standard InChI is InChI=1S/C17H23F3N4O3/c1-11-8-26-5-4-22(11)14-6-15(25)23-3-2-13(17(18,19)20)24(16(23)21-14)7-12-9-27-10-12/h6,11-13H,2-5,7-10H2,1H3. The van der Waals surface area contributed by atoms with E-state index in [0.29, 0.717) is 38.8 Å². The third-order valence-corrected chi connectivity index (χ3v) is 5.44. The third kappa shape index (κ3) is 3.52. The summed E-state index contributed by atoms with van der Waals surface area (Å²) in [5, 5.41) is 0. The van der Waals surface area contributed by atoms with Crippen LogP contribution in [0.3, 0.4) is 0 Å². The predicted octanol–water partition coefficient (Wildman–Crippen LogP) is 1.26. The zero-order valence-corrected chi connectivity index (χ0v) is 15.1. The maximum Gasteiger partial charge on any atom is 0.408 e. The van der Waals surface area contributed by atoms with Crippen molar-refractivity contribution in [3.05, 3.63) is 16.4 Å². The van der Waals surface area contributed by atoms with Crippen molar-refractivity contribution >= 4 is 11.8 Å². The van der Waals surface area contributed by atoms with Gasteiger partial charge in [0, 0.05) is 31.6 Å². The molecule has 3 aliphatic rings. The second-order valence-corrected chi connectivity index (χ2v) is 7.42. The largest absolute Gasteiger partial charge is 0.408 e. The molecule has 0 bridgehead atoms. The van der Waals surface area contributed by atoms with E-state index in [1.54, 1.807) is 0 Å². The van der Waals surface area contributed by atoms with Gasteiger partial charge in [-0.1, -0.05) is 0 Å². The summed E-state index contributed by atoms with van der Waals surface area (Å²) in [7, 11) is 0. The molecule has 3 aliphatic heterocycles. The van der Waals surface area contributed by atoms with E-state index in [1.807, 2.05) is 11.8 Å². The molecule has 0 amide bonds. The maximum absolute atomic E-state index is 13.7. The molecule has 2 saturated heterocycles. The summed E-state index contributed by atoms with van der Waals surface area (Å²) in [4.78, 5) is 20.3. The normalized spacial score (nSPS) is 26.7. The van der Waals surface area contributed by atoms with Gasteiger partial charge >= 0.3 is 6.18 Å². The van der Waals surface area contributed by atoms with Crippen molar-refractivity contribution in [2.75, 3.05) is 49.3 Å². The smallest absolute Gasteiger partial charge is 0.381 e. The van der Waals surface area contributed by atoms with Gasteiger partial charge in [0.15, 0.2) is 0 Å². The van der Waals surface area contributed by atoms with Crippen molar-refractivity contribution < 1.29 is 22.6 Å². The van der Waals surface area contributed by atoms with E-state index in [2.05, 4.69) is 4.98 Å². The van der Waals surface area contributed by atoms with E-state index in [4.69, 9.17) is 9.47 Å². The molecular weight excluding hydrogens is 365 g/mol. The van der Waals surface area contributed by atoms with Gasteiger partial charge in [-0.2, -0.15) is 18.2 Å². The highest BCUT2D eigenvalue weighted by atomic mass is 19.4. The van der Waals surface area contributed by atoms with Gasteiger partial charge in [0.25, 0.3) is 5.56 Å². The van der Waals surface area contributed by atoms with Gasteiger partial charge in [0.1, 0.15) is 11.9 Å². The maximum atomic E-state index is 13.7. The predicted molar refractivity (Wildman–Crippen MR) is 92.2 cm³/mol. The van der Waals surface area contributed by atoms with E-state index in [-0.39, 0.29) is 43.0 Å². The molecule has 4 heterocycles. The number of aromatic nitrogens is 2. The molecule has 0 aromatic carbocycles. The lowest BCUT2D eigenvalue weighted by Gasteiger charge is -2.43. The Hall–Kier alpha value is -1.81. The van der Waals surface area contributed by atoms with Gasteiger partial charge in [-0.25, -0.2) is 0 Å². The molecule has 1 aromatic heterocycles. The van der Waals surface area contributed by atoms with Gasteiger partial charge in [-0.05, 0) is 13.3 Å². The number of alkyl halides is 3. The van der Waals surface area contributed by atoms with Crippen LogP contribution in [0.15, 0.2) is 10.9 Å².